The van der Waals surface area contributed by atoms with Crippen molar-refractivity contribution in [1.29, 1.82) is 0 Å². The maximum atomic E-state index is 14.6. The number of thioether (sulfide) groups is 1. The van der Waals surface area contributed by atoms with Crippen LogP contribution in [0.4, 0.5) is 5.69 Å². The number of carbonyl (C=O) groups is 3. The van der Waals surface area contributed by atoms with Gasteiger partial charge in [0.15, 0.2) is 0 Å². The van der Waals surface area contributed by atoms with Gasteiger partial charge in [-0.3, -0.25) is 14.4 Å². The number of ether oxygens (including phenoxy) is 1. The molecule has 3 amide bonds. The van der Waals surface area contributed by atoms with Gasteiger partial charge in [-0.05, 0) is 77.1 Å². The van der Waals surface area contributed by atoms with Gasteiger partial charge in [-0.25, -0.2) is 0 Å². The molecule has 3 unspecified atom stereocenters. The summed E-state index contributed by atoms with van der Waals surface area (Å²) in [6, 6.07) is 6.79. The standard InChI is InChI=1S/C34H49N3O5S/c1-7-13-24(5)35(20-8-2)32(41)29-34-19-18-33(6,43-34)27(28(34)31(40)37(29)22-11-12-23-38)30(39)36(21-9-3)25-14-16-26(17-15-25)42-10-4/h8-9,14-17,24,27-29,38H,2-3,7,10-13,18-23H2,1,4-6H3/t24?,27-,28-,29?,33+,34?/m0/s1. The summed E-state index contributed by atoms with van der Waals surface area (Å²) in [6.07, 6.45) is 7.85. The zero-order valence-corrected chi connectivity index (χ0v) is 27.1. The molecule has 2 bridgehead atoms. The second-order valence-corrected chi connectivity index (χ2v) is 14.2. The lowest BCUT2D eigenvalue weighted by Gasteiger charge is -2.39. The van der Waals surface area contributed by atoms with E-state index in [0.717, 1.165) is 30.7 Å². The van der Waals surface area contributed by atoms with E-state index in [0.29, 0.717) is 45.5 Å². The van der Waals surface area contributed by atoms with Crippen molar-refractivity contribution in [2.45, 2.75) is 87.8 Å². The van der Waals surface area contributed by atoms with Crippen molar-refractivity contribution in [3.63, 3.8) is 0 Å². The number of fused-ring (bicyclic) bond motifs is 1. The van der Waals surface area contributed by atoms with E-state index in [1.165, 1.54) is 0 Å². The fraction of sp³-hybridized carbons (Fsp3) is 0.618. The SMILES string of the molecule is C=CCN(C(=O)[C@@H]1[C@H]2C(=O)N(CCCCO)C(C(=O)N(CC=C)C(C)CCC)C23CC[C@@]1(C)S3)c1ccc(OCC)cc1. The fourth-order valence-corrected chi connectivity index (χ4v) is 9.92. The Kier molecular flexibility index (Phi) is 10.7. The van der Waals surface area contributed by atoms with Crippen molar-refractivity contribution in [2.24, 2.45) is 11.8 Å². The highest BCUT2D eigenvalue weighted by molar-refractivity contribution is 8.02. The number of anilines is 1. The lowest BCUT2D eigenvalue weighted by Crippen LogP contribution is -2.56. The van der Waals surface area contributed by atoms with Crippen LogP contribution in [0, 0.1) is 11.8 Å². The predicted octanol–water partition coefficient (Wildman–Crippen LogP) is 5.06. The number of rotatable bonds is 16. The van der Waals surface area contributed by atoms with Crippen LogP contribution in [0.3, 0.4) is 0 Å². The topological polar surface area (TPSA) is 90.4 Å². The van der Waals surface area contributed by atoms with Crippen molar-refractivity contribution in [3.05, 3.63) is 49.6 Å². The highest BCUT2D eigenvalue weighted by atomic mass is 32.2. The summed E-state index contributed by atoms with van der Waals surface area (Å²) in [7, 11) is 0. The number of nitrogens with zero attached hydrogens (tertiary/aromatic N) is 3. The van der Waals surface area contributed by atoms with E-state index in [-0.39, 0.29) is 30.4 Å². The third-order valence-corrected chi connectivity index (χ3v) is 11.5. The summed E-state index contributed by atoms with van der Waals surface area (Å²) in [4.78, 5) is 49.1. The molecule has 1 spiro atoms. The fourth-order valence-electron chi connectivity index (χ4n) is 7.58. The van der Waals surface area contributed by atoms with Gasteiger partial charge in [-0.2, -0.15) is 0 Å². The Morgan fingerprint density at radius 1 is 1.14 bits per heavy atom. The highest BCUT2D eigenvalue weighted by Crippen LogP contribution is 2.71. The van der Waals surface area contributed by atoms with Crippen molar-refractivity contribution in [2.75, 3.05) is 37.7 Å². The summed E-state index contributed by atoms with van der Waals surface area (Å²) >= 11 is 1.69. The maximum Gasteiger partial charge on any atom is 0.247 e. The first-order chi connectivity index (χ1) is 20.6. The van der Waals surface area contributed by atoms with Gasteiger partial charge >= 0.3 is 0 Å². The molecule has 6 atom stereocenters. The zero-order valence-electron chi connectivity index (χ0n) is 26.3. The molecule has 8 nitrogen and oxygen atoms in total. The Hall–Kier alpha value is -2.78. The summed E-state index contributed by atoms with van der Waals surface area (Å²) < 4.78 is 4.44. The summed E-state index contributed by atoms with van der Waals surface area (Å²) in [5.74, 6) is -0.730. The molecule has 43 heavy (non-hydrogen) atoms. The van der Waals surface area contributed by atoms with Crippen LogP contribution in [-0.4, -0.2) is 87.1 Å². The predicted molar refractivity (Wildman–Crippen MR) is 173 cm³/mol. The van der Waals surface area contributed by atoms with Gasteiger partial charge in [0.2, 0.25) is 17.7 Å². The van der Waals surface area contributed by atoms with Crippen LogP contribution < -0.4 is 9.64 Å². The molecular formula is C34H49N3O5S. The molecule has 3 aliphatic rings. The highest BCUT2D eigenvalue weighted by Gasteiger charge is 2.77. The minimum absolute atomic E-state index is 0.000273. The summed E-state index contributed by atoms with van der Waals surface area (Å²) in [5, 5.41) is 9.49. The van der Waals surface area contributed by atoms with Crippen LogP contribution in [0.5, 0.6) is 5.75 Å². The van der Waals surface area contributed by atoms with E-state index in [4.69, 9.17) is 4.74 Å². The van der Waals surface area contributed by atoms with E-state index in [1.807, 2.05) is 36.1 Å². The Morgan fingerprint density at radius 2 is 1.84 bits per heavy atom. The minimum atomic E-state index is -0.688. The lowest BCUT2D eigenvalue weighted by atomic mass is 9.66. The molecule has 4 rings (SSSR count). The van der Waals surface area contributed by atoms with E-state index in [2.05, 4.69) is 33.9 Å². The molecule has 3 saturated heterocycles. The molecular weight excluding hydrogens is 562 g/mol. The van der Waals surface area contributed by atoms with Gasteiger partial charge in [-0.1, -0.05) is 25.5 Å². The molecule has 0 aromatic heterocycles. The molecule has 0 aliphatic carbocycles. The smallest absolute Gasteiger partial charge is 0.247 e. The molecule has 3 aliphatic heterocycles. The number of hydrogen-bond donors (Lipinski definition) is 1. The van der Waals surface area contributed by atoms with Crippen LogP contribution in [0.15, 0.2) is 49.6 Å². The monoisotopic (exact) mass is 611 g/mol. The summed E-state index contributed by atoms with van der Waals surface area (Å²) in [5.41, 5.74) is 0.724. The number of amides is 3. The average Bonchev–Trinajstić information content (AvgIpc) is 3.55. The number of aliphatic hydroxyl groups is 1. The molecule has 1 N–H and O–H groups in total. The Balaban J connectivity index is 1.75. The van der Waals surface area contributed by atoms with Gasteiger partial charge in [0.25, 0.3) is 0 Å². The number of carbonyl (C=O) groups excluding carboxylic acids is 3. The molecule has 9 heteroatoms. The van der Waals surface area contributed by atoms with E-state index in [1.54, 1.807) is 33.7 Å². The van der Waals surface area contributed by atoms with Gasteiger partial charge in [0.1, 0.15) is 11.8 Å². The van der Waals surface area contributed by atoms with Crippen LogP contribution in [0.2, 0.25) is 0 Å². The average molecular weight is 612 g/mol. The second-order valence-electron chi connectivity index (χ2n) is 12.3. The first-order valence-electron chi connectivity index (χ1n) is 15.8. The van der Waals surface area contributed by atoms with E-state index in [9.17, 15) is 19.5 Å². The van der Waals surface area contributed by atoms with E-state index < -0.39 is 27.4 Å². The van der Waals surface area contributed by atoms with E-state index >= 15 is 0 Å². The molecule has 1 aromatic rings. The first kappa shape index (κ1) is 33.1. The molecule has 236 valence electrons. The van der Waals surface area contributed by atoms with Gasteiger partial charge in [-0.15, -0.1) is 24.9 Å². The van der Waals surface area contributed by atoms with Crippen LogP contribution in [-0.2, 0) is 14.4 Å². The van der Waals surface area contributed by atoms with Crippen molar-refractivity contribution in [3.8, 4) is 5.75 Å². The molecule has 1 aromatic carbocycles. The summed E-state index contributed by atoms with van der Waals surface area (Å²) in [6.45, 7) is 17.7. The Labute approximate surface area is 261 Å². The lowest BCUT2D eigenvalue weighted by molar-refractivity contribution is -0.144. The maximum absolute atomic E-state index is 14.6. The molecule has 0 radical (unpaired) electrons. The second kappa shape index (κ2) is 13.9. The van der Waals surface area contributed by atoms with Crippen molar-refractivity contribution >= 4 is 35.2 Å². The van der Waals surface area contributed by atoms with Gasteiger partial charge < -0.3 is 24.5 Å². The molecule has 3 heterocycles. The third-order valence-electron chi connectivity index (χ3n) is 9.47. The number of benzene rings is 1. The zero-order chi connectivity index (χ0) is 31.4. The van der Waals surface area contributed by atoms with Crippen molar-refractivity contribution < 1.29 is 24.2 Å². The van der Waals surface area contributed by atoms with Gasteiger partial charge in [0, 0.05) is 42.7 Å². The molecule has 3 fully saturated rings. The normalized spacial score (nSPS) is 28.0. The minimum Gasteiger partial charge on any atom is -0.494 e. The number of hydrogen-bond acceptors (Lipinski definition) is 6. The number of likely N-dealkylation sites (tertiary alicyclic amines) is 1. The third kappa shape index (κ3) is 5.99. The quantitative estimate of drug-likeness (QED) is 0.208. The number of unbranched alkanes of at least 4 members (excludes halogenated alkanes) is 1. The first-order valence-corrected chi connectivity index (χ1v) is 16.6. The van der Waals surface area contributed by atoms with Crippen LogP contribution >= 0.6 is 11.8 Å². The van der Waals surface area contributed by atoms with Crippen LogP contribution in [0.1, 0.15) is 66.2 Å². The Morgan fingerprint density at radius 3 is 2.44 bits per heavy atom. The molecule has 0 saturated carbocycles. The Bertz CT molecular complexity index is 1190. The largest absolute Gasteiger partial charge is 0.494 e. The van der Waals surface area contributed by atoms with Gasteiger partial charge in [0.05, 0.1) is 23.2 Å². The van der Waals surface area contributed by atoms with Crippen LogP contribution in [0.25, 0.3) is 0 Å². The van der Waals surface area contributed by atoms with Crippen molar-refractivity contribution in [1.82, 2.24) is 9.80 Å². The number of aliphatic hydroxyl groups excluding tert-OH is 1.